The maximum atomic E-state index is 10.7. The Morgan fingerprint density at radius 2 is 1.50 bits per heavy atom. The van der Waals surface area contributed by atoms with E-state index < -0.39 is 8.32 Å². The topological polar surface area (TPSA) is 32.8 Å². The van der Waals surface area contributed by atoms with E-state index >= 15 is 0 Å². The van der Waals surface area contributed by atoms with Crippen LogP contribution in [0.2, 0.25) is 13.1 Å². The van der Waals surface area contributed by atoms with E-state index in [0.717, 1.165) is 18.8 Å². The lowest BCUT2D eigenvalue weighted by atomic mass is 10.0. The molecule has 3 heteroatoms. The molecule has 24 heavy (non-hydrogen) atoms. The second-order valence-electron chi connectivity index (χ2n) is 8.96. The zero-order valence-electron chi connectivity index (χ0n) is 17.2. The molecule has 0 aromatic rings. The van der Waals surface area contributed by atoms with Crippen LogP contribution in [0.3, 0.4) is 0 Å². The van der Waals surface area contributed by atoms with Gasteiger partial charge in [-0.2, -0.15) is 0 Å². The molecule has 0 spiro atoms. The van der Waals surface area contributed by atoms with Gasteiger partial charge in [0.2, 0.25) is 8.32 Å². The Morgan fingerprint density at radius 3 is 2.04 bits per heavy atom. The van der Waals surface area contributed by atoms with E-state index in [1.807, 2.05) is 0 Å². The van der Waals surface area contributed by atoms with Gasteiger partial charge in [-0.25, -0.2) is 0 Å². The van der Waals surface area contributed by atoms with Crippen molar-refractivity contribution < 1.29 is 9.53 Å². The van der Waals surface area contributed by atoms with Gasteiger partial charge < -0.3 is 9.53 Å². The molecule has 0 radical (unpaired) electrons. The third kappa shape index (κ3) is 7.57. The van der Waals surface area contributed by atoms with Crippen molar-refractivity contribution in [3.8, 4) is 0 Å². The molecule has 1 heterocycles. The van der Waals surface area contributed by atoms with E-state index in [1.165, 1.54) is 70.6 Å². The van der Waals surface area contributed by atoms with Crippen molar-refractivity contribution in [2.45, 2.75) is 129 Å². The van der Waals surface area contributed by atoms with Gasteiger partial charge in [0, 0.05) is 0 Å². The van der Waals surface area contributed by atoms with Crippen LogP contribution >= 0.6 is 0 Å². The average Bonchev–Trinajstić information content (AvgIpc) is 3.21. The number of epoxide rings is 1. The van der Waals surface area contributed by atoms with Gasteiger partial charge in [0.05, 0.1) is 6.10 Å². The first-order valence-electron chi connectivity index (χ1n) is 10.7. The summed E-state index contributed by atoms with van der Waals surface area (Å²) in [5.41, 5.74) is 0. The van der Waals surface area contributed by atoms with Gasteiger partial charge in [0.1, 0.15) is 5.22 Å². The lowest BCUT2D eigenvalue weighted by Crippen LogP contribution is -2.47. The van der Waals surface area contributed by atoms with Crippen LogP contribution in [0.5, 0.6) is 0 Å². The van der Waals surface area contributed by atoms with Gasteiger partial charge in [-0.3, -0.25) is 0 Å². The van der Waals surface area contributed by atoms with Crippen molar-refractivity contribution in [2.75, 3.05) is 0 Å². The summed E-state index contributed by atoms with van der Waals surface area (Å²) in [6.07, 6.45) is 17.3. The normalized spacial score (nSPS) is 23.9. The van der Waals surface area contributed by atoms with E-state index in [2.05, 4.69) is 33.9 Å². The molecule has 1 saturated heterocycles. The van der Waals surface area contributed by atoms with Crippen LogP contribution in [0, 0.1) is 5.92 Å². The smallest absolute Gasteiger partial charge is 0.217 e. The van der Waals surface area contributed by atoms with Crippen LogP contribution in [0.25, 0.3) is 0 Å². The summed E-state index contributed by atoms with van der Waals surface area (Å²) in [7, 11) is -2.23. The Morgan fingerprint density at radius 1 is 0.917 bits per heavy atom. The first-order chi connectivity index (χ1) is 11.3. The number of hydrogen-bond donors (Lipinski definition) is 1. The van der Waals surface area contributed by atoms with E-state index in [0.29, 0.717) is 6.10 Å². The minimum absolute atomic E-state index is 0.120. The lowest BCUT2D eigenvalue weighted by Gasteiger charge is -2.24. The van der Waals surface area contributed by atoms with Crippen LogP contribution in [-0.4, -0.2) is 24.4 Å². The highest BCUT2D eigenvalue weighted by Crippen LogP contribution is 2.49. The minimum Gasteiger partial charge on any atom is -0.429 e. The number of hydrogen-bond acceptors (Lipinski definition) is 2. The first-order valence-corrected chi connectivity index (χ1v) is 13.7. The Labute approximate surface area is 152 Å². The molecule has 1 aliphatic heterocycles. The van der Waals surface area contributed by atoms with Crippen LogP contribution < -0.4 is 0 Å². The molecular weight excluding hydrogens is 312 g/mol. The van der Waals surface area contributed by atoms with Crippen molar-refractivity contribution >= 4 is 8.32 Å². The highest BCUT2D eigenvalue weighted by molar-refractivity contribution is 6.73. The summed E-state index contributed by atoms with van der Waals surface area (Å²) in [4.78, 5) is 10.7. The molecule has 1 rings (SSSR count). The highest BCUT2D eigenvalue weighted by Gasteiger charge is 2.65. The van der Waals surface area contributed by atoms with Crippen LogP contribution in [0.4, 0.5) is 0 Å². The van der Waals surface area contributed by atoms with E-state index in [-0.39, 0.29) is 5.22 Å². The molecule has 0 amide bonds. The second-order valence-corrected chi connectivity index (χ2v) is 12.9. The second kappa shape index (κ2) is 11.0. The Bertz CT molecular complexity index is 324. The standard InChI is InChI=1S/C21H44O2Si/c1-6-7-8-9-10-11-12-13-17-20-21(23-20,24(4,5)22)18-15-14-16-19(2)3/h19-20,22H,6-18H2,1-5H3/t20-,21-/m0/s1. The third-order valence-electron chi connectivity index (χ3n) is 5.75. The minimum atomic E-state index is -2.23. The maximum Gasteiger partial charge on any atom is 0.217 e. The monoisotopic (exact) mass is 356 g/mol. The first kappa shape index (κ1) is 22.2. The van der Waals surface area contributed by atoms with E-state index in [4.69, 9.17) is 4.74 Å². The van der Waals surface area contributed by atoms with Gasteiger partial charge in [-0.15, -0.1) is 0 Å². The van der Waals surface area contributed by atoms with Gasteiger partial charge in [0.15, 0.2) is 0 Å². The fourth-order valence-corrected chi connectivity index (χ4v) is 6.13. The predicted molar refractivity (Wildman–Crippen MR) is 108 cm³/mol. The zero-order valence-corrected chi connectivity index (χ0v) is 18.2. The Balaban J connectivity index is 2.18. The average molecular weight is 357 g/mol. The van der Waals surface area contributed by atoms with Crippen molar-refractivity contribution in [1.29, 1.82) is 0 Å². The third-order valence-corrected chi connectivity index (χ3v) is 8.51. The molecule has 1 N–H and O–H groups in total. The Kier molecular flexibility index (Phi) is 10.1. The molecule has 0 saturated carbocycles. The zero-order chi connectivity index (χ0) is 18.1. The van der Waals surface area contributed by atoms with E-state index in [1.54, 1.807) is 0 Å². The SMILES string of the molecule is CCCCCCCCCC[C@@H]1O[C@@]1(CCCCC(C)C)[Si](C)(C)O. The molecule has 0 unspecified atom stereocenters. The fourth-order valence-electron chi connectivity index (χ4n) is 3.98. The summed E-state index contributed by atoms with van der Waals surface area (Å²) in [6.45, 7) is 11.0. The van der Waals surface area contributed by atoms with Crippen LogP contribution in [-0.2, 0) is 4.74 Å². The van der Waals surface area contributed by atoms with Gasteiger partial charge in [0.25, 0.3) is 0 Å². The summed E-state index contributed by atoms with van der Waals surface area (Å²) in [5, 5.41) is -0.120. The molecule has 0 aromatic carbocycles. The van der Waals surface area contributed by atoms with Crippen molar-refractivity contribution in [3.05, 3.63) is 0 Å². The molecule has 0 bridgehead atoms. The largest absolute Gasteiger partial charge is 0.429 e. The molecule has 1 fully saturated rings. The number of rotatable bonds is 15. The molecule has 0 aliphatic carbocycles. The quantitative estimate of drug-likeness (QED) is 0.203. The Hall–Kier alpha value is 0.137. The van der Waals surface area contributed by atoms with Crippen LogP contribution in [0.15, 0.2) is 0 Å². The molecular formula is C21H44O2Si. The maximum absolute atomic E-state index is 10.7. The predicted octanol–water partition coefficient (Wildman–Crippen LogP) is 6.61. The van der Waals surface area contributed by atoms with Gasteiger partial charge in [-0.1, -0.05) is 91.4 Å². The number of ether oxygens (including phenoxy) is 1. The van der Waals surface area contributed by atoms with Gasteiger partial charge in [-0.05, 0) is 31.9 Å². The fraction of sp³-hybridized carbons (Fsp3) is 1.00. The highest BCUT2D eigenvalue weighted by atomic mass is 28.4. The van der Waals surface area contributed by atoms with Crippen molar-refractivity contribution in [2.24, 2.45) is 5.92 Å². The summed E-state index contributed by atoms with van der Waals surface area (Å²) in [6, 6.07) is 0. The number of unbranched alkanes of at least 4 members (excludes halogenated alkanes) is 8. The summed E-state index contributed by atoms with van der Waals surface area (Å²) < 4.78 is 6.15. The molecule has 0 aromatic heterocycles. The van der Waals surface area contributed by atoms with Crippen molar-refractivity contribution in [1.82, 2.24) is 0 Å². The molecule has 144 valence electrons. The summed E-state index contributed by atoms with van der Waals surface area (Å²) in [5.74, 6) is 0.786. The van der Waals surface area contributed by atoms with Gasteiger partial charge >= 0.3 is 0 Å². The summed E-state index contributed by atoms with van der Waals surface area (Å²) >= 11 is 0. The molecule has 2 nitrogen and oxygen atoms in total. The van der Waals surface area contributed by atoms with Crippen LogP contribution in [0.1, 0.15) is 104 Å². The lowest BCUT2D eigenvalue weighted by molar-refractivity contribution is 0.300. The van der Waals surface area contributed by atoms with Crippen molar-refractivity contribution in [3.63, 3.8) is 0 Å². The van der Waals surface area contributed by atoms with E-state index in [9.17, 15) is 4.80 Å². The molecule has 1 aliphatic rings. The molecule has 2 atom stereocenters.